The summed E-state index contributed by atoms with van der Waals surface area (Å²) in [6.45, 7) is 7.17. The Morgan fingerprint density at radius 3 is 2.85 bits per heavy atom. The molecule has 0 saturated carbocycles. The van der Waals surface area contributed by atoms with Gasteiger partial charge < -0.3 is 4.90 Å². The lowest BCUT2D eigenvalue weighted by Gasteiger charge is -2.31. The smallest absolute Gasteiger partial charge is 0.253 e. The number of likely N-dealkylation sites (tertiary alicyclic amines) is 2. The highest BCUT2D eigenvalue weighted by molar-refractivity contribution is 5.78. The van der Waals surface area contributed by atoms with Gasteiger partial charge in [-0.25, -0.2) is 4.98 Å². The summed E-state index contributed by atoms with van der Waals surface area (Å²) in [5, 5.41) is 0. The van der Waals surface area contributed by atoms with Crippen LogP contribution in [0.4, 0.5) is 0 Å². The summed E-state index contributed by atoms with van der Waals surface area (Å²) in [4.78, 5) is 34.4. The molecule has 0 radical (unpaired) electrons. The van der Waals surface area contributed by atoms with Gasteiger partial charge in [0.2, 0.25) is 5.91 Å². The molecule has 2 saturated heterocycles. The molecule has 6 nitrogen and oxygen atoms in total. The van der Waals surface area contributed by atoms with Gasteiger partial charge in [0, 0.05) is 44.6 Å². The van der Waals surface area contributed by atoms with Crippen molar-refractivity contribution in [2.45, 2.75) is 64.3 Å². The fraction of sp³-hybridized carbons (Fsp3) is 0.762. The van der Waals surface area contributed by atoms with Crippen LogP contribution in [0.15, 0.2) is 10.9 Å². The molecule has 1 amide bonds. The Kier molecular flexibility index (Phi) is 5.62. The zero-order chi connectivity index (χ0) is 18.8. The van der Waals surface area contributed by atoms with E-state index in [4.69, 9.17) is 4.98 Å². The molecule has 1 aromatic rings. The van der Waals surface area contributed by atoms with E-state index in [1.807, 2.05) is 9.47 Å². The lowest BCUT2D eigenvalue weighted by molar-refractivity contribution is -0.131. The Balaban J connectivity index is 1.40. The van der Waals surface area contributed by atoms with Gasteiger partial charge in [-0.05, 0) is 44.6 Å². The predicted molar refractivity (Wildman–Crippen MR) is 105 cm³/mol. The van der Waals surface area contributed by atoms with Gasteiger partial charge in [0.1, 0.15) is 5.82 Å². The number of rotatable bonds is 3. The standard InChI is InChI=1S/C21H32N4O2/c1-16-6-5-9-23(13-16)15-21(27)24-11-8-17(14-24)18-12-20(26)25-10-4-2-3-7-19(25)22-18/h12,16-17H,2-11,13-15H2,1H3/t16-,17-/m0/s1. The van der Waals surface area contributed by atoms with Crippen LogP contribution in [-0.4, -0.2) is 58.0 Å². The Bertz CT molecular complexity index is 744. The number of aryl methyl sites for hydroxylation is 1. The van der Waals surface area contributed by atoms with Crippen molar-refractivity contribution in [2.75, 3.05) is 32.7 Å². The molecular weight excluding hydrogens is 340 g/mol. The number of nitrogens with zero attached hydrogens (tertiary/aromatic N) is 4. The summed E-state index contributed by atoms with van der Waals surface area (Å²) in [6, 6.07) is 1.72. The molecule has 2 atom stereocenters. The van der Waals surface area contributed by atoms with Crippen molar-refractivity contribution in [1.82, 2.24) is 19.4 Å². The molecule has 6 heteroatoms. The summed E-state index contributed by atoms with van der Waals surface area (Å²) < 4.78 is 1.85. The van der Waals surface area contributed by atoms with Crippen LogP contribution in [0, 0.1) is 5.92 Å². The molecule has 3 aliphatic heterocycles. The fourth-order valence-electron chi connectivity index (χ4n) is 4.89. The van der Waals surface area contributed by atoms with Crippen LogP contribution in [0.3, 0.4) is 0 Å². The SMILES string of the molecule is C[C@H]1CCCN(CC(=O)N2CC[C@H](c3cc(=O)n4c(n3)CCCCC4)C2)C1. The van der Waals surface area contributed by atoms with E-state index < -0.39 is 0 Å². The lowest BCUT2D eigenvalue weighted by atomic mass is 10.0. The zero-order valence-corrected chi connectivity index (χ0v) is 16.5. The van der Waals surface area contributed by atoms with Crippen molar-refractivity contribution in [1.29, 1.82) is 0 Å². The van der Waals surface area contributed by atoms with Crippen molar-refractivity contribution in [3.8, 4) is 0 Å². The lowest BCUT2D eigenvalue weighted by Crippen LogP contribution is -2.43. The van der Waals surface area contributed by atoms with E-state index in [9.17, 15) is 9.59 Å². The molecule has 27 heavy (non-hydrogen) atoms. The molecule has 0 unspecified atom stereocenters. The summed E-state index contributed by atoms with van der Waals surface area (Å²) in [6.07, 6.45) is 7.62. The van der Waals surface area contributed by atoms with Gasteiger partial charge in [0.15, 0.2) is 0 Å². The zero-order valence-electron chi connectivity index (χ0n) is 16.5. The predicted octanol–water partition coefficient (Wildman–Crippen LogP) is 2.02. The van der Waals surface area contributed by atoms with Crippen LogP contribution in [0.2, 0.25) is 0 Å². The van der Waals surface area contributed by atoms with Gasteiger partial charge in [-0.3, -0.25) is 19.1 Å². The number of fused-ring (bicyclic) bond motifs is 1. The van der Waals surface area contributed by atoms with Gasteiger partial charge in [-0.2, -0.15) is 0 Å². The first-order valence-electron chi connectivity index (χ1n) is 10.7. The minimum Gasteiger partial charge on any atom is -0.341 e. The highest BCUT2D eigenvalue weighted by atomic mass is 16.2. The van der Waals surface area contributed by atoms with E-state index in [0.717, 1.165) is 63.4 Å². The number of piperidine rings is 1. The summed E-state index contributed by atoms with van der Waals surface area (Å²) in [5.74, 6) is 2.07. The number of carbonyl (C=O) groups is 1. The van der Waals surface area contributed by atoms with Gasteiger partial charge in [0.25, 0.3) is 5.56 Å². The fourth-order valence-corrected chi connectivity index (χ4v) is 4.89. The van der Waals surface area contributed by atoms with Crippen LogP contribution in [0.25, 0.3) is 0 Å². The topological polar surface area (TPSA) is 58.4 Å². The van der Waals surface area contributed by atoms with Gasteiger partial charge in [0.05, 0.1) is 12.2 Å². The van der Waals surface area contributed by atoms with E-state index in [1.54, 1.807) is 6.07 Å². The summed E-state index contributed by atoms with van der Waals surface area (Å²) in [7, 11) is 0. The minimum absolute atomic E-state index is 0.0870. The molecule has 2 fully saturated rings. The van der Waals surface area contributed by atoms with Crippen molar-refractivity contribution in [3.63, 3.8) is 0 Å². The number of carbonyl (C=O) groups excluding carboxylic acids is 1. The Hall–Kier alpha value is -1.69. The first kappa shape index (κ1) is 18.7. The van der Waals surface area contributed by atoms with Gasteiger partial charge >= 0.3 is 0 Å². The third-order valence-corrected chi connectivity index (χ3v) is 6.45. The average molecular weight is 373 g/mol. The average Bonchev–Trinajstić information content (AvgIpc) is 3.01. The molecule has 148 valence electrons. The van der Waals surface area contributed by atoms with E-state index in [0.29, 0.717) is 19.0 Å². The molecule has 1 aromatic heterocycles. The van der Waals surface area contributed by atoms with E-state index in [2.05, 4.69) is 11.8 Å². The Morgan fingerprint density at radius 1 is 1.11 bits per heavy atom. The van der Waals surface area contributed by atoms with E-state index in [1.165, 1.54) is 19.3 Å². The number of aromatic nitrogens is 2. The molecule has 0 aromatic carbocycles. The number of hydrogen-bond acceptors (Lipinski definition) is 4. The molecule has 0 aliphatic carbocycles. The maximum absolute atomic E-state index is 12.7. The molecule has 3 aliphatic rings. The third-order valence-electron chi connectivity index (χ3n) is 6.45. The monoisotopic (exact) mass is 372 g/mol. The number of amides is 1. The van der Waals surface area contributed by atoms with E-state index >= 15 is 0 Å². The van der Waals surface area contributed by atoms with Gasteiger partial charge in [-0.15, -0.1) is 0 Å². The highest BCUT2D eigenvalue weighted by Gasteiger charge is 2.30. The van der Waals surface area contributed by atoms with Crippen molar-refractivity contribution in [3.05, 3.63) is 27.9 Å². The van der Waals surface area contributed by atoms with Gasteiger partial charge in [-0.1, -0.05) is 13.3 Å². The normalized spacial score (nSPS) is 26.6. The molecule has 0 N–H and O–H groups in total. The maximum Gasteiger partial charge on any atom is 0.253 e. The van der Waals surface area contributed by atoms with Crippen molar-refractivity contribution in [2.24, 2.45) is 5.92 Å². The maximum atomic E-state index is 12.7. The molecule has 4 heterocycles. The minimum atomic E-state index is 0.0870. The van der Waals surface area contributed by atoms with Crippen LogP contribution in [0.1, 0.15) is 62.9 Å². The first-order chi connectivity index (χ1) is 13.1. The number of hydrogen-bond donors (Lipinski definition) is 0. The second kappa shape index (κ2) is 8.13. The third kappa shape index (κ3) is 4.26. The molecule has 0 bridgehead atoms. The second-order valence-electron chi connectivity index (χ2n) is 8.71. The second-order valence-corrected chi connectivity index (χ2v) is 8.71. The van der Waals surface area contributed by atoms with Crippen LogP contribution >= 0.6 is 0 Å². The van der Waals surface area contributed by atoms with Crippen LogP contribution in [0.5, 0.6) is 0 Å². The van der Waals surface area contributed by atoms with Crippen molar-refractivity contribution >= 4 is 5.91 Å². The summed E-state index contributed by atoms with van der Waals surface area (Å²) >= 11 is 0. The Labute approximate surface area is 161 Å². The Morgan fingerprint density at radius 2 is 2.00 bits per heavy atom. The van der Waals surface area contributed by atoms with E-state index in [-0.39, 0.29) is 17.4 Å². The largest absolute Gasteiger partial charge is 0.341 e. The van der Waals surface area contributed by atoms with Crippen LogP contribution in [-0.2, 0) is 17.8 Å². The highest BCUT2D eigenvalue weighted by Crippen LogP contribution is 2.26. The quantitative estimate of drug-likeness (QED) is 0.814. The molecule has 0 spiro atoms. The molecule has 4 rings (SSSR count). The molecular formula is C21H32N4O2. The summed E-state index contributed by atoms with van der Waals surface area (Å²) in [5.41, 5.74) is 0.985. The first-order valence-corrected chi connectivity index (χ1v) is 10.7. The van der Waals surface area contributed by atoms with Crippen LogP contribution < -0.4 is 5.56 Å². The van der Waals surface area contributed by atoms with Crippen molar-refractivity contribution < 1.29 is 4.79 Å².